The summed E-state index contributed by atoms with van der Waals surface area (Å²) in [6.07, 6.45) is 4.31. The fourth-order valence-electron chi connectivity index (χ4n) is 5.37. The van der Waals surface area contributed by atoms with E-state index in [1.807, 2.05) is 55.1 Å². The number of carbonyl (C=O) groups is 1. The third-order valence-corrected chi connectivity index (χ3v) is 6.75. The summed E-state index contributed by atoms with van der Waals surface area (Å²) in [5.74, 6) is 0. The third kappa shape index (κ3) is 3.25. The molecule has 1 aliphatic heterocycles. The van der Waals surface area contributed by atoms with E-state index in [0.717, 1.165) is 31.2 Å². The number of cyclic esters (lactones) is 1. The summed E-state index contributed by atoms with van der Waals surface area (Å²) in [5.41, 5.74) is 1.87. The number of nitriles is 1. The number of rotatable bonds is 3. The normalized spacial score (nSPS) is 25.0. The molecule has 0 spiro atoms. The number of nitrogens with one attached hydrogen (secondary N) is 1. The minimum atomic E-state index is -0.621. The highest BCUT2D eigenvalue weighted by atomic mass is 16.6. The lowest BCUT2D eigenvalue weighted by Gasteiger charge is -2.38. The molecule has 8 heteroatoms. The summed E-state index contributed by atoms with van der Waals surface area (Å²) in [6, 6.07) is 13.6. The summed E-state index contributed by atoms with van der Waals surface area (Å²) >= 11 is 0. The van der Waals surface area contributed by atoms with Gasteiger partial charge in [-0.25, -0.2) is 14.6 Å². The van der Waals surface area contributed by atoms with E-state index >= 15 is 0 Å². The number of aromatic amines is 1. The Hall–Kier alpha value is -3.60. The van der Waals surface area contributed by atoms with Crippen molar-refractivity contribution in [3.05, 3.63) is 64.3 Å². The molecule has 32 heavy (non-hydrogen) atoms. The van der Waals surface area contributed by atoms with Crippen LogP contribution in [0.1, 0.15) is 62.9 Å². The third-order valence-electron chi connectivity index (χ3n) is 6.75. The van der Waals surface area contributed by atoms with Gasteiger partial charge in [0.1, 0.15) is 17.4 Å². The summed E-state index contributed by atoms with van der Waals surface area (Å²) in [6.45, 7) is 3.92. The highest BCUT2D eigenvalue weighted by molar-refractivity contribution is 5.75. The van der Waals surface area contributed by atoms with Gasteiger partial charge in [0, 0.05) is 18.2 Å². The standard InChI is InChI=1S/C24H25N5O3/c1-24(2)21(15-6-4-3-5-7-15)29(23(31)32-24)18-10-8-17(9-11-18)28-20-12-16(13-25)26-14-19(20)27-22(28)30/h3-7,12,14,17-18,21H,8-11H2,1-2H3,(H,27,30). The van der Waals surface area contributed by atoms with E-state index < -0.39 is 5.60 Å². The van der Waals surface area contributed by atoms with Crippen LogP contribution in [0.5, 0.6) is 0 Å². The molecule has 164 valence electrons. The van der Waals surface area contributed by atoms with Crippen LogP contribution in [0.3, 0.4) is 0 Å². The molecule has 1 amide bonds. The van der Waals surface area contributed by atoms with Crippen LogP contribution in [0.25, 0.3) is 11.0 Å². The Balaban J connectivity index is 1.41. The Labute approximate surface area is 185 Å². The quantitative estimate of drug-likeness (QED) is 0.674. The van der Waals surface area contributed by atoms with E-state index in [1.165, 1.54) is 6.20 Å². The number of aromatic nitrogens is 3. The number of imidazole rings is 1. The van der Waals surface area contributed by atoms with Crippen LogP contribution in [0.2, 0.25) is 0 Å². The van der Waals surface area contributed by atoms with E-state index in [0.29, 0.717) is 11.0 Å². The largest absolute Gasteiger partial charge is 0.441 e. The van der Waals surface area contributed by atoms with Gasteiger partial charge in [0.2, 0.25) is 0 Å². The molecular weight excluding hydrogens is 406 g/mol. The zero-order chi connectivity index (χ0) is 22.5. The number of pyridine rings is 1. The average molecular weight is 431 g/mol. The molecule has 0 radical (unpaired) electrons. The van der Waals surface area contributed by atoms with Crippen LogP contribution >= 0.6 is 0 Å². The number of ether oxygens (including phenoxy) is 1. The first-order valence-electron chi connectivity index (χ1n) is 11.0. The zero-order valence-electron chi connectivity index (χ0n) is 18.1. The van der Waals surface area contributed by atoms with E-state index in [4.69, 9.17) is 4.74 Å². The molecule has 1 aliphatic carbocycles. The first kappa shape index (κ1) is 20.3. The van der Waals surface area contributed by atoms with Gasteiger partial charge in [0.05, 0.1) is 23.3 Å². The maximum atomic E-state index is 12.9. The molecule has 2 aliphatic rings. The number of hydrogen-bond acceptors (Lipinski definition) is 5. The number of fused-ring (bicyclic) bond motifs is 1. The Morgan fingerprint density at radius 2 is 1.81 bits per heavy atom. The molecule has 5 rings (SSSR count). The molecule has 8 nitrogen and oxygen atoms in total. The van der Waals surface area contributed by atoms with Crippen LogP contribution in [-0.2, 0) is 4.74 Å². The van der Waals surface area contributed by atoms with Crippen molar-refractivity contribution >= 4 is 17.1 Å². The number of benzene rings is 1. The van der Waals surface area contributed by atoms with Gasteiger partial charge in [-0.3, -0.25) is 9.47 Å². The highest BCUT2D eigenvalue weighted by Crippen LogP contribution is 2.45. The fraction of sp³-hybridized carbons (Fsp3) is 0.417. The number of hydrogen-bond donors (Lipinski definition) is 1. The van der Waals surface area contributed by atoms with E-state index in [1.54, 1.807) is 10.6 Å². The van der Waals surface area contributed by atoms with Crippen LogP contribution in [0.15, 0.2) is 47.4 Å². The molecule has 1 saturated heterocycles. The molecule has 2 fully saturated rings. The second kappa shape index (κ2) is 7.52. The molecule has 3 aromatic rings. The number of H-pyrrole nitrogens is 1. The van der Waals surface area contributed by atoms with Gasteiger partial charge < -0.3 is 9.72 Å². The second-order valence-electron chi connectivity index (χ2n) is 9.15. The van der Waals surface area contributed by atoms with E-state index in [9.17, 15) is 14.9 Å². The maximum Gasteiger partial charge on any atom is 0.411 e. The molecule has 1 saturated carbocycles. The Morgan fingerprint density at radius 1 is 1.12 bits per heavy atom. The SMILES string of the molecule is CC1(C)OC(=O)N(C2CCC(n3c(=O)[nH]c4cnc(C#N)cc43)CC2)C1c1ccccc1. The molecule has 1 unspecified atom stereocenters. The minimum Gasteiger partial charge on any atom is -0.441 e. The smallest absolute Gasteiger partial charge is 0.411 e. The van der Waals surface area contributed by atoms with Crippen molar-refractivity contribution in [2.45, 2.75) is 63.3 Å². The molecule has 1 atom stereocenters. The Morgan fingerprint density at radius 3 is 2.50 bits per heavy atom. The Bertz CT molecular complexity index is 1260. The van der Waals surface area contributed by atoms with Crippen molar-refractivity contribution in [1.29, 1.82) is 5.26 Å². The van der Waals surface area contributed by atoms with Crippen molar-refractivity contribution in [1.82, 2.24) is 19.4 Å². The predicted octanol–water partition coefficient (Wildman–Crippen LogP) is 4.05. The molecule has 0 bridgehead atoms. The van der Waals surface area contributed by atoms with Crippen molar-refractivity contribution in [3.8, 4) is 6.07 Å². The summed E-state index contributed by atoms with van der Waals surface area (Å²) < 4.78 is 7.52. The molecular formula is C24H25N5O3. The average Bonchev–Trinajstić information content (AvgIpc) is 3.24. The van der Waals surface area contributed by atoms with Gasteiger partial charge in [0.15, 0.2) is 0 Å². The lowest BCUT2D eigenvalue weighted by atomic mass is 9.86. The van der Waals surface area contributed by atoms with Crippen LogP contribution in [0.4, 0.5) is 4.79 Å². The van der Waals surface area contributed by atoms with Crippen molar-refractivity contribution in [3.63, 3.8) is 0 Å². The molecule has 3 heterocycles. The van der Waals surface area contributed by atoms with Gasteiger partial charge in [0.25, 0.3) is 0 Å². The van der Waals surface area contributed by atoms with Crippen LogP contribution in [-0.4, -0.2) is 37.2 Å². The van der Waals surface area contributed by atoms with Gasteiger partial charge in [-0.1, -0.05) is 30.3 Å². The number of nitrogens with zero attached hydrogens (tertiary/aromatic N) is 4. The summed E-state index contributed by atoms with van der Waals surface area (Å²) in [4.78, 5) is 34.3. The van der Waals surface area contributed by atoms with E-state index in [-0.39, 0.29) is 35.6 Å². The van der Waals surface area contributed by atoms with Crippen molar-refractivity contribution in [2.24, 2.45) is 0 Å². The zero-order valence-corrected chi connectivity index (χ0v) is 18.1. The monoisotopic (exact) mass is 431 g/mol. The molecule has 1 aromatic carbocycles. The molecule has 1 N–H and O–H groups in total. The number of amides is 1. The van der Waals surface area contributed by atoms with Crippen LogP contribution < -0.4 is 5.69 Å². The summed E-state index contributed by atoms with van der Waals surface area (Å²) in [5, 5.41) is 9.19. The Kier molecular flexibility index (Phi) is 4.77. The summed E-state index contributed by atoms with van der Waals surface area (Å²) in [7, 11) is 0. The van der Waals surface area contributed by atoms with Gasteiger partial charge >= 0.3 is 11.8 Å². The first-order valence-corrected chi connectivity index (χ1v) is 11.0. The minimum absolute atomic E-state index is 0.00301. The topological polar surface area (TPSA) is 104 Å². The van der Waals surface area contributed by atoms with E-state index in [2.05, 4.69) is 9.97 Å². The second-order valence-corrected chi connectivity index (χ2v) is 9.15. The number of carbonyl (C=O) groups excluding carboxylic acids is 1. The highest BCUT2D eigenvalue weighted by Gasteiger charge is 2.51. The van der Waals surface area contributed by atoms with Crippen LogP contribution in [0, 0.1) is 11.3 Å². The molecule has 2 aromatic heterocycles. The van der Waals surface area contributed by atoms with Crippen molar-refractivity contribution in [2.75, 3.05) is 0 Å². The maximum absolute atomic E-state index is 12.9. The predicted molar refractivity (Wildman–Crippen MR) is 118 cm³/mol. The van der Waals surface area contributed by atoms with Gasteiger partial charge in [-0.15, -0.1) is 0 Å². The fourth-order valence-corrected chi connectivity index (χ4v) is 5.37. The van der Waals surface area contributed by atoms with Gasteiger partial charge in [-0.2, -0.15) is 5.26 Å². The lowest BCUT2D eigenvalue weighted by molar-refractivity contribution is 0.0662. The lowest BCUT2D eigenvalue weighted by Crippen LogP contribution is -2.43. The van der Waals surface area contributed by atoms with Crippen molar-refractivity contribution < 1.29 is 9.53 Å². The van der Waals surface area contributed by atoms with Gasteiger partial charge in [-0.05, 0) is 45.1 Å². The first-order chi connectivity index (χ1) is 15.4.